The van der Waals surface area contributed by atoms with Gasteiger partial charge >= 0.3 is 0 Å². The zero-order valence-corrected chi connectivity index (χ0v) is 11.5. The molecule has 0 amide bonds. The third-order valence-electron chi connectivity index (χ3n) is 3.26. The summed E-state index contributed by atoms with van der Waals surface area (Å²) in [6.45, 7) is 3.30. The monoisotopic (exact) mass is 274 g/mol. The Hall–Kier alpha value is -0.580. The summed E-state index contributed by atoms with van der Waals surface area (Å²) in [5.41, 5.74) is 0. The Morgan fingerprint density at radius 2 is 2.24 bits per heavy atom. The molecule has 1 aromatic rings. The number of hydrogen-bond acceptors (Lipinski definition) is 4. The van der Waals surface area contributed by atoms with E-state index < -0.39 is 0 Å². The van der Waals surface area contributed by atoms with Gasteiger partial charge in [0.15, 0.2) is 0 Å². The smallest absolute Gasteiger partial charge is 0.224 e. The van der Waals surface area contributed by atoms with Crippen LogP contribution in [0.5, 0.6) is 0 Å². The molecule has 1 aromatic heterocycles. The highest BCUT2D eigenvalue weighted by atomic mass is 35.5. The van der Waals surface area contributed by atoms with Gasteiger partial charge in [-0.3, -0.25) is 0 Å². The van der Waals surface area contributed by atoms with Gasteiger partial charge in [-0.1, -0.05) is 11.6 Å². The van der Waals surface area contributed by atoms with E-state index in [0.717, 1.165) is 19.4 Å². The molecule has 6 heteroatoms. The molecule has 2 heterocycles. The van der Waals surface area contributed by atoms with Gasteiger partial charge in [0.1, 0.15) is 10.8 Å². The third kappa shape index (κ3) is 3.21. The van der Waals surface area contributed by atoms with E-state index in [9.17, 15) is 0 Å². The van der Waals surface area contributed by atoms with Gasteiger partial charge < -0.3 is 10.2 Å². The molecule has 0 saturated carbocycles. The molecule has 1 fully saturated rings. The van der Waals surface area contributed by atoms with Crippen molar-refractivity contribution in [1.29, 1.82) is 0 Å². The van der Waals surface area contributed by atoms with Crippen molar-refractivity contribution in [3.8, 4) is 0 Å². The van der Waals surface area contributed by atoms with Gasteiger partial charge in [-0.2, -0.15) is 4.98 Å². The first-order chi connectivity index (χ1) is 8.06. The number of nitrogens with one attached hydrogen (secondary N) is 1. The van der Waals surface area contributed by atoms with Crippen LogP contribution in [0.25, 0.3) is 0 Å². The zero-order valence-electron chi connectivity index (χ0n) is 9.95. The summed E-state index contributed by atoms with van der Waals surface area (Å²) in [6.07, 6.45) is 3.69. The number of nitrogens with zero attached hydrogens (tertiary/aromatic N) is 3. The average molecular weight is 275 g/mol. The van der Waals surface area contributed by atoms with Crippen LogP contribution in [0, 0.1) is 0 Å². The number of anilines is 1. The van der Waals surface area contributed by atoms with Crippen molar-refractivity contribution in [3.05, 3.63) is 16.5 Å². The van der Waals surface area contributed by atoms with E-state index in [4.69, 9.17) is 23.2 Å². The quantitative estimate of drug-likeness (QED) is 0.842. The lowest BCUT2D eigenvalue weighted by atomic mass is 9.99. The van der Waals surface area contributed by atoms with Crippen LogP contribution in [-0.2, 0) is 0 Å². The van der Waals surface area contributed by atoms with Crippen LogP contribution in [0.3, 0.4) is 0 Å². The predicted molar refractivity (Wildman–Crippen MR) is 70.8 cm³/mol. The van der Waals surface area contributed by atoms with Gasteiger partial charge in [0, 0.05) is 18.6 Å². The Kier molecular flexibility index (Phi) is 4.07. The minimum absolute atomic E-state index is 0.220. The maximum absolute atomic E-state index is 6.02. The standard InChI is InChI=1S/C11H16Cl2N4/c1-7-5-8(3-4-17(7)2)15-10-9(12)6-14-11(13)16-10/h6-8H,3-5H2,1-2H3,(H,14,15,16). The first kappa shape index (κ1) is 12.9. The molecule has 0 radical (unpaired) electrons. The van der Waals surface area contributed by atoms with E-state index >= 15 is 0 Å². The van der Waals surface area contributed by atoms with Crippen LogP contribution >= 0.6 is 23.2 Å². The van der Waals surface area contributed by atoms with Crippen molar-refractivity contribution < 1.29 is 0 Å². The third-order valence-corrected chi connectivity index (χ3v) is 3.72. The summed E-state index contributed by atoms with van der Waals surface area (Å²) in [7, 11) is 2.15. The molecule has 0 aromatic carbocycles. The number of hydrogen-bond donors (Lipinski definition) is 1. The van der Waals surface area contributed by atoms with Gasteiger partial charge in [-0.25, -0.2) is 4.98 Å². The lowest BCUT2D eigenvalue weighted by molar-refractivity contribution is 0.190. The molecule has 2 atom stereocenters. The van der Waals surface area contributed by atoms with Crippen molar-refractivity contribution >= 4 is 29.0 Å². The molecular formula is C11H16Cl2N4. The normalized spacial score (nSPS) is 25.9. The topological polar surface area (TPSA) is 41.1 Å². The molecule has 1 N–H and O–H groups in total. The van der Waals surface area contributed by atoms with E-state index in [1.54, 1.807) is 0 Å². The summed E-state index contributed by atoms with van der Waals surface area (Å²) < 4.78 is 0. The van der Waals surface area contributed by atoms with E-state index in [2.05, 4.69) is 34.2 Å². The molecule has 1 aliphatic rings. The van der Waals surface area contributed by atoms with Gasteiger partial charge in [-0.15, -0.1) is 0 Å². The van der Waals surface area contributed by atoms with Crippen molar-refractivity contribution in [2.75, 3.05) is 18.9 Å². The Labute approximate surface area is 111 Å². The van der Waals surface area contributed by atoms with Crippen LogP contribution in [0.4, 0.5) is 5.82 Å². The van der Waals surface area contributed by atoms with Crippen LogP contribution in [0.2, 0.25) is 10.3 Å². The Bertz CT molecular complexity index is 399. The highest BCUT2D eigenvalue weighted by Gasteiger charge is 2.23. The highest BCUT2D eigenvalue weighted by Crippen LogP contribution is 2.24. The molecule has 2 unspecified atom stereocenters. The molecule has 0 aliphatic carbocycles. The number of rotatable bonds is 2. The van der Waals surface area contributed by atoms with Gasteiger partial charge in [-0.05, 0) is 38.4 Å². The number of piperidine rings is 1. The summed E-state index contributed by atoms with van der Waals surface area (Å²) >= 11 is 11.8. The van der Waals surface area contributed by atoms with Crippen LogP contribution < -0.4 is 5.32 Å². The largest absolute Gasteiger partial charge is 0.366 e. The second-order valence-corrected chi connectivity index (χ2v) is 5.28. The average Bonchev–Trinajstić information content (AvgIpc) is 2.29. The lowest BCUT2D eigenvalue weighted by Gasteiger charge is -2.35. The predicted octanol–water partition coefficient (Wildman–Crippen LogP) is 2.68. The number of halogens is 2. The van der Waals surface area contributed by atoms with E-state index in [1.807, 2.05) is 0 Å². The number of likely N-dealkylation sites (tertiary alicyclic amines) is 1. The van der Waals surface area contributed by atoms with Crippen LogP contribution in [0.1, 0.15) is 19.8 Å². The van der Waals surface area contributed by atoms with E-state index in [1.165, 1.54) is 6.20 Å². The summed E-state index contributed by atoms with van der Waals surface area (Å²) in [4.78, 5) is 10.3. The maximum atomic E-state index is 6.02. The van der Waals surface area contributed by atoms with Gasteiger partial charge in [0.2, 0.25) is 5.28 Å². The number of aromatic nitrogens is 2. The molecule has 1 aliphatic heterocycles. The van der Waals surface area contributed by atoms with Gasteiger partial charge in [0.25, 0.3) is 0 Å². The van der Waals surface area contributed by atoms with Crippen molar-refractivity contribution in [1.82, 2.24) is 14.9 Å². The minimum atomic E-state index is 0.220. The fourth-order valence-corrected chi connectivity index (χ4v) is 2.34. The highest BCUT2D eigenvalue weighted by molar-refractivity contribution is 6.33. The van der Waals surface area contributed by atoms with Crippen LogP contribution in [0.15, 0.2) is 6.20 Å². The maximum Gasteiger partial charge on any atom is 0.224 e. The SMILES string of the molecule is CC1CC(Nc2nc(Cl)ncc2Cl)CCN1C. The molecule has 4 nitrogen and oxygen atoms in total. The first-order valence-corrected chi connectivity index (χ1v) is 6.46. The zero-order chi connectivity index (χ0) is 12.4. The molecular weight excluding hydrogens is 259 g/mol. The molecule has 0 spiro atoms. The minimum Gasteiger partial charge on any atom is -0.366 e. The molecule has 2 rings (SSSR count). The van der Waals surface area contributed by atoms with E-state index in [-0.39, 0.29) is 5.28 Å². The summed E-state index contributed by atoms with van der Waals surface area (Å²) in [5.74, 6) is 0.633. The fraction of sp³-hybridized carbons (Fsp3) is 0.636. The second kappa shape index (κ2) is 5.38. The Balaban J connectivity index is 2.03. The Morgan fingerprint density at radius 3 is 2.94 bits per heavy atom. The van der Waals surface area contributed by atoms with Crippen LogP contribution in [-0.4, -0.2) is 40.5 Å². The van der Waals surface area contributed by atoms with E-state index in [0.29, 0.717) is 22.9 Å². The molecule has 1 saturated heterocycles. The molecule has 0 bridgehead atoms. The van der Waals surface area contributed by atoms with Crippen molar-refractivity contribution in [3.63, 3.8) is 0 Å². The first-order valence-electron chi connectivity index (χ1n) is 5.71. The summed E-state index contributed by atoms with van der Waals surface area (Å²) in [5, 5.41) is 4.08. The lowest BCUT2D eigenvalue weighted by Crippen LogP contribution is -2.42. The van der Waals surface area contributed by atoms with Crippen molar-refractivity contribution in [2.24, 2.45) is 0 Å². The fourth-order valence-electron chi connectivity index (χ4n) is 2.06. The second-order valence-electron chi connectivity index (χ2n) is 4.53. The van der Waals surface area contributed by atoms with Crippen molar-refractivity contribution in [2.45, 2.75) is 31.8 Å². The Morgan fingerprint density at radius 1 is 1.47 bits per heavy atom. The van der Waals surface area contributed by atoms with Gasteiger partial charge in [0.05, 0.1) is 6.20 Å². The molecule has 17 heavy (non-hydrogen) atoms. The molecule has 94 valence electrons. The summed E-state index contributed by atoms with van der Waals surface area (Å²) in [6, 6.07) is 0.960.